The van der Waals surface area contributed by atoms with Crippen molar-refractivity contribution in [1.29, 1.82) is 0 Å². The van der Waals surface area contributed by atoms with Crippen molar-refractivity contribution in [2.75, 3.05) is 0 Å². The van der Waals surface area contributed by atoms with Crippen LogP contribution in [0.1, 0.15) is 20.8 Å². The van der Waals surface area contributed by atoms with E-state index < -0.39 is 17.3 Å². The Morgan fingerprint density at radius 1 is 1.43 bits per heavy atom. The molecule has 0 fully saturated rings. The number of nitrogens with one attached hydrogen (secondary N) is 1. The molecule has 1 unspecified atom stereocenters. The van der Waals surface area contributed by atoms with E-state index in [2.05, 4.69) is 5.32 Å². The van der Waals surface area contributed by atoms with Crippen molar-refractivity contribution in [3.05, 3.63) is 24.4 Å². The fraction of sp³-hybridized carbons (Fsp3) is 0.500. The molecule has 1 aliphatic rings. The van der Waals surface area contributed by atoms with Crippen molar-refractivity contribution in [3.8, 4) is 0 Å². The summed E-state index contributed by atoms with van der Waals surface area (Å²) in [5.41, 5.74) is -1.96. The number of hydrogen-bond acceptors (Lipinski definition) is 3. The summed E-state index contributed by atoms with van der Waals surface area (Å²) in [6, 6.07) is 0. The van der Waals surface area contributed by atoms with Gasteiger partial charge in [-0.1, -0.05) is 6.08 Å². The molecule has 1 heterocycles. The first kappa shape index (κ1) is 10.8. The van der Waals surface area contributed by atoms with Gasteiger partial charge >= 0.3 is 5.97 Å². The van der Waals surface area contributed by atoms with E-state index in [1.165, 1.54) is 6.08 Å². The highest BCUT2D eigenvalue weighted by atomic mass is 16.6. The monoisotopic (exact) mass is 197 g/mol. The molecule has 0 bridgehead atoms. The number of carboxylic acid groups (broad SMARTS) is 1. The lowest BCUT2D eigenvalue weighted by Gasteiger charge is -2.34. The minimum absolute atomic E-state index is 0.527. The molecule has 0 saturated heterocycles. The molecular formula is C10H15NO3. The van der Waals surface area contributed by atoms with Gasteiger partial charge in [-0.25, -0.2) is 4.79 Å². The zero-order chi connectivity index (χ0) is 10.8. The second kappa shape index (κ2) is 3.46. The van der Waals surface area contributed by atoms with E-state index in [4.69, 9.17) is 9.84 Å². The van der Waals surface area contributed by atoms with Gasteiger partial charge in [-0.2, -0.15) is 0 Å². The Kier molecular flexibility index (Phi) is 2.66. The first-order chi connectivity index (χ1) is 6.36. The van der Waals surface area contributed by atoms with E-state index in [1.54, 1.807) is 18.4 Å². The summed E-state index contributed by atoms with van der Waals surface area (Å²) >= 11 is 0. The lowest BCUT2D eigenvalue weighted by Crippen LogP contribution is -2.54. The molecule has 0 spiro atoms. The minimum Gasteiger partial charge on any atom is -0.477 e. The lowest BCUT2D eigenvalue weighted by molar-refractivity contribution is -0.178. The maximum Gasteiger partial charge on any atom is 0.361 e. The van der Waals surface area contributed by atoms with Crippen molar-refractivity contribution in [2.24, 2.45) is 0 Å². The lowest BCUT2D eigenvalue weighted by atomic mass is 10.1. The van der Waals surface area contributed by atoms with E-state index in [-0.39, 0.29) is 0 Å². The second-order valence-electron chi connectivity index (χ2n) is 4.12. The van der Waals surface area contributed by atoms with Gasteiger partial charge in [0.25, 0.3) is 5.72 Å². The predicted octanol–water partition coefficient (Wildman–Crippen LogP) is 1.26. The van der Waals surface area contributed by atoms with Crippen molar-refractivity contribution >= 4 is 5.97 Å². The Morgan fingerprint density at radius 3 is 2.43 bits per heavy atom. The molecule has 1 atom stereocenters. The molecule has 0 radical (unpaired) electrons. The number of rotatable bonds is 2. The summed E-state index contributed by atoms with van der Waals surface area (Å²) in [5, 5.41) is 11.8. The van der Waals surface area contributed by atoms with E-state index in [0.29, 0.717) is 0 Å². The molecule has 1 rings (SSSR count). The normalized spacial score (nSPS) is 25.9. The van der Waals surface area contributed by atoms with Crippen molar-refractivity contribution in [2.45, 2.75) is 32.1 Å². The van der Waals surface area contributed by atoms with Gasteiger partial charge in [0.05, 0.1) is 5.60 Å². The smallest absolute Gasteiger partial charge is 0.361 e. The third kappa shape index (κ3) is 2.35. The Hall–Kier alpha value is -1.29. The number of ether oxygens (including phenoxy) is 1. The molecule has 14 heavy (non-hydrogen) atoms. The van der Waals surface area contributed by atoms with Crippen LogP contribution in [0.3, 0.4) is 0 Å². The maximum absolute atomic E-state index is 11.1. The topological polar surface area (TPSA) is 58.6 Å². The number of aliphatic carboxylic acids is 1. The number of hydrogen-bond donors (Lipinski definition) is 2. The van der Waals surface area contributed by atoms with Gasteiger partial charge in [0, 0.05) is 0 Å². The highest BCUT2D eigenvalue weighted by molar-refractivity contribution is 5.80. The molecule has 1 aliphatic heterocycles. The molecule has 0 amide bonds. The molecular weight excluding hydrogens is 182 g/mol. The standard InChI is InChI=1S/C10H15NO3/c1-9(2,3)14-10(8(12)13)6-4-5-7-11-10/h4-7,11H,1-3H3,(H,12,13). The summed E-state index contributed by atoms with van der Waals surface area (Å²) in [7, 11) is 0. The van der Waals surface area contributed by atoms with Crippen LogP contribution in [0.25, 0.3) is 0 Å². The fourth-order valence-electron chi connectivity index (χ4n) is 1.19. The zero-order valence-electron chi connectivity index (χ0n) is 8.57. The number of carbonyl (C=O) groups is 1. The second-order valence-corrected chi connectivity index (χ2v) is 4.12. The Morgan fingerprint density at radius 2 is 2.07 bits per heavy atom. The molecule has 4 heteroatoms. The van der Waals surface area contributed by atoms with Crippen molar-refractivity contribution in [3.63, 3.8) is 0 Å². The number of allylic oxidation sites excluding steroid dienone is 2. The Labute approximate surface area is 83.3 Å². The third-order valence-corrected chi connectivity index (χ3v) is 1.62. The van der Waals surface area contributed by atoms with Crippen LogP contribution in [0, 0.1) is 0 Å². The molecule has 0 saturated carbocycles. The summed E-state index contributed by atoms with van der Waals surface area (Å²) < 4.78 is 5.48. The van der Waals surface area contributed by atoms with Gasteiger partial charge in [-0.15, -0.1) is 0 Å². The van der Waals surface area contributed by atoms with Crippen molar-refractivity contribution in [1.82, 2.24) is 5.32 Å². The van der Waals surface area contributed by atoms with Crippen LogP contribution in [-0.4, -0.2) is 22.4 Å². The van der Waals surface area contributed by atoms with Crippen molar-refractivity contribution < 1.29 is 14.6 Å². The van der Waals surface area contributed by atoms with Crippen LogP contribution >= 0.6 is 0 Å². The molecule has 0 aromatic rings. The first-order valence-corrected chi connectivity index (χ1v) is 4.41. The molecule has 78 valence electrons. The van der Waals surface area contributed by atoms with Crippen LogP contribution in [-0.2, 0) is 9.53 Å². The van der Waals surface area contributed by atoms with E-state index in [0.717, 1.165) is 0 Å². The average molecular weight is 197 g/mol. The van der Waals surface area contributed by atoms with Gasteiger partial charge in [0.1, 0.15) is 0 Å². The number of dihydropyridines is 1. The number of carboxylic acids is 1. The summed E-state index contributed by atoms with van der Waals surface area (Å²) in [6.45, 7) is 5.43. The summed E-state index contributed by atoms with van der Waals surface area (Å²) in [4.78, 5) is 11.1. The van der Waals surface area contributed by atoms with E-state index in [9.17, 15) is 4.79 Å². The first-order valence-electron chi connectivity index (χ1n) is 4.41. The Bertz CT molecular complexity index is 288. The average Bonchev–Trinajstić information content (AvgIpc) is 2.02. The van der Waals surface area contributed by atoms with Gasteiger partial charge in [-0.05, 0) is 39.1 Å². The minimum atomic E-state index is -1.44. The molecule has 0 aromatic carbocycles. The largest absolute Gasteiger partial charge is 0.477 e. The fourth-order valence-corrected chi connectivity index (χ4v) is 1.19. The van der Waals surface area contributed by atoms with E-state index in [1.807, 2.05) is 20.8 Å². The maximum atomic E-state index is 11.1. The van der Waals surface area contributed by atoms with E-state index >= 15 is 0 Å². The van der Waals surface area contributed by atoms with Gasteiger partial charge in [0.15, 0.2) is 0 Å². The van der Waals surface area contributed by atoms with Gasteiger partial charge in [-0.3, -0.25) is 0 Å². The molecule has 0 aromatic heterocycles. The van der Waals surface area contributed by atoms with Crippen LogP contribution in [0.4, 0.5) is 0 Å². The quantitative estimate of drug-likeness (QED) is 0.699. The SMILES string of the molecule is CC(C)(C)OC1(C(=O)O)C=CC=CN1. The van der Waals surface area contributed by atoms with Crippen LogP contribution in [0.15, 0.2) is 24.4 Å². The van der Waals surface area contributed by atoms with Gasteiger partial charge < -0.3 is 15.2 Å². The third-order valence-electron chi connectivity index (χ3n) is 1.62. The van der Waals surface area contributed by atoms with Gasteiger partial charge in [0.2, 0.25) is 0 Å². The summed E-state index contributed by atoms with van der Waals surface area (Å²) in [6.07, 6.45) is 6.41. The van der Waals surface area contributed by atoms with Crippen LogP contribution < -0.4 is 5.32 Å². The molecule has 0 aliphatic carbocycles. The highest BCUT2D eigenvalue weighted by Crippen LogP contribution is 2.21. The van der Waals surface area contributed by atoms with Crippen LogP contribution in [0.5, 0.6) is 0 Å². The molecule has 4 nitrogen and oxygen atoms in total. The summed E-state index contributed by atoms with van der Waals surface area (Å²) in [5.74, 6) is -1.05. The zero-order valence-corrected chi connectivity index (χ0v) is 8.57. The van der Waals surface area contributed by atoms with Crippen LogP contribution in [0.2, 0.25) is 0 Å². The highest BCUT2D eigenvalue weighted by Gasteiger charge is 2.40. The molecule has 2 N–H and O–H groups in total. The Balaban J connectivity index is 2.89. The predicted molar refractivity (Wildman–Crippen MR) is 52.6 cm³/mol.